The van der Waals surface area contributed by atoms with Gasteiger partial charge in [-0.25, -0.2) is 0 Å². The minimum absolute atomic E-state index is 0.412. The van der Waals surface area contributed by atoms with Gasteiger partial charge in [0.15, 0.2) is 6.10 Å². The third-order valence-corrected chi connectivity index (χ3v) is 4.40. The van der Waals surface area contributed by atoms with E-state index in [1.807, 2.05) is 42.5 Å². The second-order valence-electron chi connectivity index (χ2n) is 7.44. The third-order valence-electron chi connectivity index (χ3n) is 4.40. The number of rotatable bonds is 7. The van der Waals surface area contributed by atoms with Gasteiger partial charge in [-0.15, -0.1) is 0 Å². The summed E-state index contributed by atoms with van der Waals surface area (Å²) in [5, 5.41) is 2.12. The molecule has 6 nitrogen and oxygen atoms in total. The van der Waals surface area contributed by atoms with Gasteiger partial charge in [0.2, 0.25) is 0 Å². The third kappa shape index (κ3) is 5.73. The Labute approximate surface area is 176 Å². The van der Waals surface area contributed by atoms with Crippen LogP contribution in [-0.4, -0.2) is 24.5 Å². The number of hydrogen-bond acceptors (Lipinski definition) is 4. The number of benzene rings is 3. The molecule has 0 fully saturated rings. The van der Waals surface area contributed by atoms with E-state index in [0.29, 0.717) is 29.6 Å². The summed E-state index contributed by atoms with van der Waals surface area (Å²) in [4.78, 5) is 24.5. The largest absolute Gasteiger partial charge is 0.493 e. The maximum Gasteiger partial charge on any atom is 0.279 e. The van der Waals surface area contributed by atoms with Crippen molar-refractivity contribution in [3.05, 3.63) is 72.3 Å². The molecular formula is C24H26N2O4. The number of fused-ring (bicyclic) bond motifs is 1. The van der Waals surface area contributed by atoms with Gasteiger partial charge in [-0.2, -0.15) is 0 Å². The van der Waals surface area contributed by atoms with Crippen LogP contribution in [0.1, 0.15) is 31.1 Å². The van der Waals surface area contributed by atoms with Crippen molar-refractivity contribution in [3.8, 4) is 11.5 Å². The molecule has 0 bridgehead atoms. The van der Waals surface area contributed by atoms with E-state index < -0.39 is 17.9 Å². The fraction of sp³-hybridized carbons (Fsp3) is 0.250. The maximum atomic E-state index is 12.3. The van der Waals surface area contributed by atoms with Crippen LogP contribution < -0.4 is 20.3 Å². The molecule has 0 saturated carbocycles. The van der Waals surface area contributed by atoms with Crippen LogP contribution in [-0.2, 0) is 4.79 Å². The quantitative estimate of drug-likeness (QED) is 0.579. The first-order chi connectivity index (χ1) is 14.4. The zero-order valence-corrected chi connectivity index (χ0v) is 17.3. The number of nitrogens with one attached hydrogen (secondary N) is 2. The van der Waals surface area contributed by atoms with Crippen LogP contribution in [0, 0.1) is 5.92 Å². The highest BCUT2D eigenvalue weighted by molar-refractivity contribution is 5.95. The van der Waals surface area contributed by atoms with Gasteiger partial charge in [0.05, 0.1) is 6.61 Å². The van der Waals surface area contributed by atoms with Crippen molar-refractivity contribution in [1.29, 1.82) is 0 Å². The van der Waals surface area contributed by atoms with E-state index in [1.54, 1.807) is 31.2 Å². The first kappa shape index (κ1) is 21.2. The molecule has 2 N–H and O–H groups in total. The second-order valence-corrected chi connectivity index (χ2v) is 7.44. The molecule has 0 heterocycles. The average Bonchev–Trinajstić information content (AvgIpc) is 2.76. The van der Waals surface area contributed by atoms with Gasteiger partial charge in [-0.3, -0.25) is 20.4 Å². The van der Waals surface area contributed by atoms with Gasteiger partial charge in [-0.1, -0.05) is 44.2 Å². The molecule has 0 aliphatic heterocycles. The van der Waals surface area contributed by atoms with Gasteiger partial charge < -0.3 is 9.47 Å². The summed E-state index contributed by atoms with van der Waals surface area (Å²) in [6, 6.07) is 20.3. The fourth-order valence-electron chi connectivity index (χ4n) is 2.76. The first-order valence-corrected chi connectivity index (χ1v) is 9.91. The molecule has 0 radical (unpaired) electrons. The Morgan fingerprint density at radius 2 is 1.50 bits per heavy atom. The smallest absolute Gasteiger partial charge is 0.279 e. The molecule has 3 aromatic carbocycles. The van der Waals surface area contributed by atoms with Gasteiger partial charge in [0.1, 0.15) is 11.5 Å². The summed E-state index contributed by atoms with van der Waals surface area (Å²) in [7, 11) is 0. The van der Waals surface area contributed by atoms with Crippen LogP contribution in [0.15, 0.2) is 66.7 Å². The topological polar surface area (TPSA) is 76.7 Å². The molecule has 30 heavy (non-hydrogen) atoms. The predicted molar refractivity (Wildman–Crippen MR) is 116 cm³/mol. The van der Waals surface area contributed by atoms with Gasteiger partial charge in [-0.05, 0) is 60.0 Å². The minimum Gasteiger partial charge on any atom is -0.493 e. The highest BCUT2D eigenvalue weighted by Gasteiger charge is 2.16. The molecule has 3 rings (SSSR count). The summed E-state index contributed by atoms with van der Waals surface area (Å²) in [5.41, 5.74) is 5.22. The molecule has 0 aliphatic carbocycles. The number of carbonyl (C=O) groups excluding carboxylic acids is 2. The Balaban J connectivity index is 1.50. The lowest BCUT2D eigenvalue weighted by Crippen LogP contribution is -2.47. The number of ether oxygens (including phenoxy) is 2. The van der Waals surface area contributed by atoms with Crippen molar-refractivity contribution >= 4 is 22.6 Å². The minimum atomic E-state index is -0.779. The summed E-state index contributed by atoms with van der Waals surface area (Å²) >= 11 is 0. The van der Waals surface area contributed by atoms with E-state index in [4.69, 9.17) is 9.47 Å². The van der Waals surface area contributed by atoms with Crippen molar-refractivity contribution < 1.29 is 19.1 Å². The number of carbonyl (C=O) groups is 2. The lowest BCUT2D eigenvalue weighted by Gasteiger charge is -2.15. The molecule has 0 unspecified atom stereocenters. The van der Waals surface area contributed by atoms with Crippen LogP contribution in [0.5, 0.6) is 11.5 Å². The molecule has 0 aliphatic rings. The normalized spacial score (nSPS) is 11.7. The molecule has 0 saturated heterocycles. The molecule has 2 amide bonds. The second kappa shape index (κ2) is 9.78. The maximum absolute atomic E-state index is 12.3. The standard InChI is InChI=1S/C24H26N2O4/c1-16(2)15-29-21-11-9-19(10-12-21)24(28)26-25-23(27)17(3)30-22-13-8-18-6-4-5-7-20(18)14-22/h4-14,16-17H,15H2,1-3H3,(H,25,27)(H,26,28)/t17-/m0/s1. The fourth-order valence-corrected chi connectivity index (χ4v) is 2.76. The van der Waals surface area contributed by atoms with Crippen LogP contribution in [0.2, 0.25) is 0 Å². The predicted octanol–water partition coefficient (Wildman–Crippen LogP) is 4.10. The molecule has 1 atom stereocenters. The van der Waals surface area contributed by atoms with Gasteiger partial charge >= 0.3 is 0 Å². The van der Waals surface area contributed by atoms with Crippen molar-refractivity contribution in [1.82, 2.24) is 10.9 Å². The van der Waals surface area contributed by atoms with Crippen molar-refractivity contribution in [3.63, 3.8) is 0 Å². The summed E-state index contributed by atoms with van der Waals surface area (Å²) in [6.07, 6.45) is -0.779. The lowest BCUT2D eigenvalue weighted by molar-refractivity contribution is -0.128. The Kier molecular flexibility index (Phi) is 6.91. The summed E-state index contributed by atoms with van der Waals surface area (Å²) < 4.78 is 11.3. The monoisotopic (exact) mass is 406 g/mol. The Morgan fingerprint density at radius 3 is 2.20 bits per heavy atom. The van der Waals surface area contributed by atoms with E-state index in [9.17, 15) is 9.59 Å². The van der Waals surface area contributed by atoms with E-state index in [0.717, 1.165) is 10.8 Å². The van der Waals surface area contributed by atoms with Crippen molar-refractivity contribution in [2.45, 2.75) is 26.9 Å². The van der Waals surface area contributed by atoms with E-state index in [-0.39, 0.29) is 0 Å². The number of hydrazine groups is 1. The number of amides is 2. The highest BCUT2D eigenvalue weighted by atomic mass is 16.5. The van der Waals surface area contributed by atoms with Crippen LogP contribution in [0.3, 0.4) is 0 Å². The lowest BCUT2D eigenvalue weighted by atomic mass is 10.1. The molecular weight excluding hydrogens is 380 g/mol. The molecule has 0 spiro atoms. The van der Waals surface area contributed by atoms with Gasteiger partial charge in [0, 0.05) is 5.56 Å². The highest BCUT2D eigenvalue weighted by Crippen LogP contribution is 2.21. The summed E-state index contributed by atoms with van der Waals surface area (Å²) in [5.74, 6) is 0.827. The van der Waals surface area contributed by atoms with E-state index >= 15 is 0 Å². The van der Waals surface area contributed by atoms with Crippen LogP contribution >= 0.6 is 0 Å². The van der Waals surface area contributed by atoms with E-state index in [1.165, 1.54) is 0 Å². The molecule has 6 heteroatoms. The Hall–Kier alpha value is -3.54. The zero-order valence-electron chi connectivity index (χ0n) is 17.3. The SMILES string of the molecule is CC(C)COc1ccc(C(=O)NNC(=O)[C@H](C)Oc2ccc3ccccc3c2)cc1. The van der Waals surface area contributed by atoms with Crippen LogP contribution in [0.4, 0.5) is 0 Å². The van der Waals surface area contributed by atoms with E-state index in [2.05, 4.69) is 24.7 Å². The molecule has 3 aromatic rings. The average molecular weight is 406 g/mol. The zero-order chi connectivity index (χ0) is 21.5. The van der Waals surface area contributed by atoms with Crippen LogP contribution in [0.25, 0.3) is 10.8 Å². The molecule has 0 aromatic heterocycles. The number of hydrogen-bond donors (Lipinski definition) is 2. The van der Waals surface area contributed by atoms with Gasteiger partial charge in [0.25, 0.3) is 11.8 Å². The molecule has 156 valence electrons. The summed E-state index contributed by atoms with van der Waals surface area (Å²) in [6.45, 7) is 6.36. The van der Waals surface area contributed by atoms with Crippen molar-refractivity contribution in [2.24, 2.45) is 5.92 Å². The Bertz CT molecular complexity index is 1020. The first-order valence-electron chi connectivity index (χ1n) is 9.91. The van der Waals surface area contributed by atoms with Crippen molar-refractivity contribution in [2.75, 3.05) is 6.61 Å². The Morgan fingerprint density at radius 1 is 0.833 bits per heavy atom.